The van der Waals surface area contributed by atoms with Crippen molar-refractivity contribution in [2.24, 2.45) is 0 Å². The molecule has 0 bridgehead atoms. The van der Waals surface area contributed by atoms with Crippen LogP contribution in [0.5, 0.6) is 0 Å². The fourth-order valence-corrected chi connectivity index (χ4v) is 3.41. The lowest BCUT2D eigenvalue weighted by Gasteiger charge is -2.24. The maximum absolute atomic E-state index is 11.0. The van der Waals surface area contributed by atoms with Crippen LogP contribution in [0.1, 0.15) is 18.4 Å². The number of rotatable bonds is 1. The molecule has 0 saturated carbocycles. The molecule has 2 aromatic rings. The third-order valence-corrected chi connectivity index (χ3v) is 4.46. The summed E-state index contributed by atoms with van der Waals surface area (Å²) in [6.45, 7) is 2.12. The quantitative estimate of drug-likeness (QED) is 0.745. The zero-order valence-corrected chi connectivity index (χ0v) is 9.17. The molecule has 2 atom stereocenters. The Morgan fingerprint density at radius 3 is 3.13 bits per heavy atom. The minimum absolute atomic E-state index is 0.0545. The highest BCUT2D eigenvalue weighted by Gasteiger charge is 2.28. The van der Waals surface area contributed by atoms with Crippen LogP contribution >= 0.6 is 11.8 Å². The van der Waals surface area contributed by atoms with Crippen LogP contribution in [0.15, 0.2) is 29.3 Å². The maximum atomic E-state index is 11.0. The molecule has 3 rings (SSSR count). The van der Waals surface area contributed by atoms with Gasteiger partial charge in [-0.2, -0.15) is 0 Å². The van der Waals surface area contributed by atoms with Gasteiger partial charge in [-0.3, -0.25) is 0 Å². The molecule has 15 heavy (non-hydrogen) atoms. The van der Waals surface area contributed by atoms with E-state index in [1.165, 1.54) is 21.4 Å². The number of aromatic amines is 1. The van der Waals surface area contributed by atoms with Crippen molar-refractivity contribution in [1.29, 1.82) is 0 Å². The number of aldehydes is 1. The Morgan fingerprint density at radius 1 is 1.47 bits per heavy atom. The molecule has 1 aliphatic heterocycles. The highest BCUT2D eigenvalue weighted by Crippen LogP contribution is 2.44. The zero-order valence-electron chi connectivity index (χ0n) is 8.36. The van der Waals surface area contributed by atoms with Crippen molar-refractivity contribution in [3.63, 3.8) is 0 Å². The number of H-pyrrole nitrogens is 1. The monoisotopic (exact) mass is 217 g/mol. The Morgan fingerprint density at radius 2 is 2.33 bits per heavy atom. The van der Waals surface area contributed by atoms with E-state index in [-0.39, 0.29) is 5.25 Å². The van der Waals surface area contributed by atoms with Gasteiger partial charge in [0.05, 0.1) is 5.25 Å². The molecule has 1 aromatic carbocycles. The van der Waals surface area contributed by atoms with E-state index in [9.17, 15) is 4.79 Å². The van der Waals surface area contributed by atoms with Gasteiger partial charge in [0.2, 0.25) is 0 Å². The number of nitrogens with one attached hydrogen (secondary N) is 1. The first-order chi connectivity index (χ1) is 7.31. The molecular formula is C12H11NOS. The summed E-state index contributed by atoms with van der Waals surface area (Å²) in [5.41, 5.74) is 2.45. The normalized spacial score (nSPS) is 24.3. The fourth-order valence-electron chi connectivity index (χ4n) is 2.21. The Labute approximate surface area is 92.1 Å². The second-order valence-electron chi connectivity index (χ2n) is 3.93. The van der Waals surface area contributed by atoms with Crippen molar-refractivity contribution in [1.82, 2.24) is 4.98 Å². The molecule has 2 heterocycles. The zero-order chi connectivity index (χ0) is 10.4. The largest absolute Gasteiger partial charge is 0.361 e. The maximum Gasteiger partial charge on any atom is 0.133 e. The average Bonchev–Trinajstić information content (AvgIpc) is 2.69. The second-order valence-corrected chi connectivity index (χ2v) is 5.15. The molecular weight excluding hydrogens is 206 g/mol. The second kappa shape index (κ2) is 3.14. The smallest absolute Gasteiger partial charge is 0.133 e. The van der Waals surface area contributed by atoms with E-state index in [0.29, 0.717) is 5.92 Å². The molecule has 76 valence electrons. The molecule has 2 nitrogen and oxygen atoms in total. The van der Waals surface area contributed by atoms with Gasteiger partial charge in [-0.25, -0.2) is 0 Å². The van der Waals surface area contributed by atoms with Gasteiger partial charge in [-0.1, -0.05) is 13.0 Å². The number of thioether (sulfide) groups is 1. The minimum Gasteiger partial charge on any atom is -0.361 e. The Bertz CT molecular complexity index is 531. The van der Waals surface area contributed by atoms with Crippen LogP contribution in [0.25, 0.3) is 10.9 Å². The first-order valence-electron chi connectivity index (χ1n) is 5.03. The lowest BCUT2D eigenvalue weighted by atomic mass is 9.97. The van der Waals surface area contributed by atoms with E-state index in [2.05, 4.69) is 24.0 Å². The number of carbonyl (C=O) groups excluding carboxylic acids is 1. The predicted octanol–water partition coefficient (Wildman–Crippen LogP) is 2.94. The van der Waals surface area contributed by atoms with Gasteiger partial charge in [0.15, 0.2) is 0 Å². The number of carbonyl (C=O) groups is 1. The van der Waals surface area contributed by atoms with Crippen molar-refractivity contribution < 1.29 is 4.79 Å². The van der Waals surface area contributed by atoms with Gasteiger partial charge in [0.25, 0.3) is 0 Å². The predicted molar refractivity (Wildman–Crippen MR) is 62.4 cm³/mol. The summed E-state index contributed by atoms with van der Waals surface area (Å²) in [6.07, 6.45) is 3.10. The molecule has 3 heteroatoms. The van der Waals surface area contributed by atoms with Gasteiger partial charge in [-0.05, 0) is 17.7 Å². The summed E-state index contributed by atoms with van der Waals surface area (Å²) in [7, 11) is 0. The van der Waals surface area contributed by atoms with Gasteiger partial charge in [-0.15, -0.1) is 11.8 Å². The topological polar surface area (TPSA) is 32.9 Å². The molecule has 0 aliphatic carbocycles. The van der Waals surface area contributed by atoms with Gasteiger partial charge in [0.1, 0.15) is 6.29 Å². The molecule has 0 fully saturated rings. The Balaban J connectivity index is 2.31. The molecule has 1 aromatic heterocycles. The number of hydrogen-bond donors (Lipinski definition) is 1. The van der Waals surface area contributed by atoms with Crippen molar-refractivity contribution in [2.75, 3.05) is 0 Å². The van der Waals surface area contributed by atoms with Crippen molar-refractivity contribution in [3.05, 3.63) is 30.0 Å². The minimum atomic E-state index is 0.0545. The van der Waals surface area contributed by atoms with Gasteiger partial charge >= 0.3 is 0 Å². The highest BCUT2D eigenvalue weighted by atomic mass is 32.2. The lowest BCUT2D eigenvalue weighted by molar-refractivity contribution is -0.107. The van der Waals surface area contributed by atoms with E-state index < -0.39 is 0 Å². The summed E-state index contributed by atoms with van der Waals surface area (Å²) in [6, 6.07) is 6.20. The average molecular weight is 217 g/mol. The van der Waals surface area contributed by atoms with Crippen LogP contribution < -0.4 is 0 Å². The lowest BCUT2D eigenvalue weighted by Crippen LogP contribution is -2.16. The van der Waals surface area contributed by atoms with Crippen LogP contribution in [0, 0.1) is 0 Å². The molecule has 0 saturated heterocycles. The van der Waals surface area contributed by atoms with Crippen molar-refractivity contribution >= 4 is 29.0 Å². The summed E-state index contributed by atoms with van der Waals surface area (Å²) in [5, 5.41) is 1.35. The van der Waals surface area contributed by atoms with E-state index >= 15 is 0 Å². The summed E-state index contributed by atoms with van der Waals surface area (Å²) >= 11 is 1.67. The van der Waals surface area contributed by atoms with Crippen LogP contribution in [0.2, 0.25) is 0 Å². The molecule has 1 N–H and O–H groups in total. The van der Waals surface area contributed by atoms with Crippen LogP contribution in [0.3, 0.4) is 0 Å². The first-order valence-corrected chi connectivity index (χ1v) is 5.91. The molecule has 1 aliphatic rings. The number of hydrogen-bond acceptors (Lipinski definition) is 2. The fraction of sp³-hybridized carbons (Fsp3) is 0.250. The first kappa shape index (κ1) is 9.04. The van der Waals surface area contributed by atoms with E-state index in [4.69, 9.17) is 0 Å². The standard InChI is InChI=1S/C12H11NOS/c1-7-8-5-13-9-3-2-4-10(12(8)9)15-11(7)6-14/h2-7,11,13H,1H3. The SMILES string of the molecule is CC1c2c[nH]c3cccc(c23)SC1C=O. The highest BCUT2D eigenvalue weighted by molar-refractivity contribution is 8.00. The number of aromatic nitrogens is 1. The summed E-state index contributed by atoms with van der Waals surface area (Å²) in [4.78, 5) is 15.5. The van der Waals surface area contributed by atoms with Gasteiger partial charge < -0.3 is 9.78 Å². The van der Waals surface area contributed by atoms with E-state index in [1.54, 1.807) is 11.8 Å². The van der Waals surface area contributed by atoms with Gasteiger partial charge in [0, 0.05) is 27.9 Å². The van der Waals surface area contributed by atoms with Crippen molar-refractivity contribution in [3.8, 4) is 0 Å². The van der Waals surface area contributed by atoms with E-state index in [1.807, 2.05) is 12.3 Å². The van der Waals surface area contributed by atoms with Crippen LogP contribution in [-0.4, -0.2) is 16.5 Å². The molecule has 0 spiro atoms. The molecule has 0 amide bonds. The molecule has 2 unspecified atom stereocenters. The summed E-state index contributed by atoms with van der Waals surface area (Å²) < 4.78 is 0. The summed E-state index contributed by atoms with van der Waals surface area (Å²) in [5.74, 6) is 0.302. The van der Waals surface area contributed by atoms with Crippen LogP contribution in [0.4, 0.5) is 0 Å². The Kier molecular flexibility index (Phi) is 1.89. The van der Waals surface area contributed by atoms with Crippen molar-refractivity contribution in [2.45, 2.75) is 23.0 Å². The molecule has 0 radical (unpaired) electrons. The number of benzene rings is 1. The van der Waals surface area contributed by atoms with E-state index in [0.717, 1.165) is 6.29 Å². The third kappa shape index (κ3) is 1.16. The Hall–Kier alpha value is -1.22. The third-order valence-electron chi connectivity index (χ3n) is 3.08. The van der Waals surface area contributed by atoms with Crippen LogP contribution in [-0.2, 0) is 4.79 Å².